The average molecular weight is 391 g/mol. The lowest BCUT2D eigenvalue weighted by Gasteiger charge is -2.24. The second kappa shape index (κ2) is 8.31. The molecule has 1 aliphatic rings. The van der Waals surface area contributed by atoms with Crippen molar-refractivity contribution in [1.29, 1.82) is 0 Å². The summed E-state index contributed by atoms with van der Waals surface area (Å²) in [7, 11) is 3.00. The molecule has 1 aliphatic heterocycles. The Kier molecular flexibility index (Phi) is 5.86. The zero-order valence-corrected chi connectivity index (χ0v) is 15.7. The lowest BCUT2D eigenvalue weighted by Crippen LogP contribution is -2.31. The van der Waals surface area contributed by atoms with Gasteiger partial charge in [0, 0.05) is 10.6 Å². The molecule has 1 atom stereocenters. The Morgan fingerprint density at radius 2 is 1.89 bits per heavy atom. The SMILES string of the molecule is COc1ccc(C(=O)COC(=O)[C@@H]2COc3ccc(Cl)cc3C2)cc1OC. The van der Waals surface area contributed by atoms with E-state index in [4.69, 9.17) is 30.5 Å². The van der Waals surface area contributed by atoms with Gasteiger partial charge in [0.2, 0.25) is 0 Å². The van der Waals surface area contributed by atoms with Gasteiger partial charge in [-0.15, -0.1) is 0 Å². The van der Waals surface area contributed by atoms with Gasteiger partial charge < -0.3 is 18.9 Å². The molecule has 142 valence electrons. The van der Waals surface area contributed by atoms with E-state index in [1.165, 1.54) is 14.2 Å². The maximum Gasteiger partial charge on any atom is 0.313 e. The highest BCUT2D eigenvalue weighted by Gasteiger charge is 2.28. The Hall–Kier alpha value is -2.73. The average Bonchev–Trinajstić information content (AvgIpc) is 2.70. The van der Waals surface area contributed by atoms with Crippen molar-refractivity contribution in [3.63, 3.8) is 0 Å². The van der Waals surface area contributed by atoms with Gasteiger partial charge in [0.1, 0.15) is 12.4 Å². The fourth-order valence-corrected chi connectivity index (χ4v) is 3.06. The van der Waals surface area contributed by atoms with Gasteiger partial charge in [-0.2, -0.15) is 0 Å². The smallest absolute Gasteiger partial charge is 0.313 e. The van der Waals surface area contributed by atoms with Crippen LogP contribution in [0.5, 0.6) is 17.2 Å². The van der Waals surface area contributed by atoms with Crippen molar-refractivity contribution in [1.82, 2.24) is 0 Å². The number of esters is 1. The summed E-state index contributed by atoms with van der Waals surface area (Å²) in [6.45, 7) is -0.148. The van der Waals surface area contributed by atoms with E-state index < -0.39 is 11.9 Å². The number of benzene rings is 2. The van der Waals surface area contributed by atoms with Crippen LogP contribution in [0.1, 0.15) is 15.9 Å². The topological polar surface area (TPSA) is 71.1 Å². The predicted molar refractivity (Wildman–Crippen MR) is 99.0 cm³/mol. The summed E-state index contributed by atoms with van der Waals surface area (Å²) in [4.78, 5) is 24.6. The first kappa shape index (κ1) is 19.0. The predicted octanol–water partition coefficient (Wildman–Crippen LogP) is 3.33. The van der Waals surface area contributed by atoms with Gasteiger partial charge in [-0.05, 0) is 48.4 Å². The van der Waals surface area contributed by atoms with Crippen LogP contribution in [0.3, 0.4) is 0 Å². The fraction of sp³-hybridized carbons (Fsp3) is 0.300. The molecule has 6 nitrogen and oxygen atoms in total. The minimum absolute atomic E-state index is 0.206. The van der Waals surface area contributed by atoms with Gasteiger partial charge in [-0.1, -0.05) is 11.6 Å². The van der Waals surface area contributed by atoms with Gasteiger partial charge in [-0.3, -0.25) is 9.59 Å². The summed E-state index contributed by atoms with van der Waals surface area (Å²) < 4.78 is 21.1. The lowest BCUT2D eigenvalue weighted by atomic mass is 9.97. The van der Waals surface area contributed by atoms with Gasteiger partial charge in [0.05, 0.1) is 20.1 Å². The summed E-state index contributed by atoms with van der Waals surface area (Å²) in [5, 5.41) is 0.579. The van der Waals surface area contributed by atoms with E-state index in [9.17, 15) is 9.59 Å². The number of Topliss-reactive ketones (excluding diaryl/α,β-unsaturated/α-hetero) is 1. The van der Waals surface area contributed by atoms with E-state index in [0.717, 1.165) is 5.56 Å². The Morgan fingerprint density at radius 1 is 1.11 bits per heavy atom. The Balaban J connectivity index is 1.60. The highest BCUT2D eigenvalue weighted by Crippen LogP contribution is 2.30. The highest BCUT2D eigenvalue weighted by atomic mass is 35.5. The number of halogens is 1. The van der Waals surface area contributed by atoms with Crippen LogP contribution in [0.4, 0.5) is 0 Å². The molecule has 0 fully saturated rings. The second-order valence-electron chi connectivity index (χ2n) is 6.06. The van der Waals surface area contributed by atoms with Crippen LogP contribution >= 0.6 is 11.6 Å². The molecule has 0 unspecified atom stereocenters. The normalized spacial score (nSPS) is 15.3. The molecule has 0 amide bonds. The molecule has 0 spiro atoms. The summed E-state index contributed by atoms with van der Waals surface area (Å²) in [5.41, 5.74) is 1.22. The first-order valence-electron chi connectivity index (χ1n) is 8.35. The van der Waals surface area contributed by atoms with E-state index in [-0.39, 0.29) is 19.0 Å². The van der Waals surface area contributed by atoms with E-state index >= 15 is 0 Å². The quantitative estimate of drug-likeness (QED) is 0.556. The zero-order valence-electron chi connectivity index (χ0n) is 15.0. The monoisotopic (exact) mass is 390 g/mol. The van der Waals surface area contributed by atoms with Crippen LogP contribution in [0, 0.1) is 5.92 Å². The molecule has 0 radical (unpaired) electrons. The van der Waals surface area contributed by atoms with Crippen molar-refractivity contribution in [3.05, 3.63) is 52.5 Å². The van der Waals surface area contributed by atoms with Crippen LogP contribution in [0.25, 0.3) is 0 Å². The number of hydrogen-bond acceptors (Lipinski definition) is 6. The lowest BCUT2D eigenvalue weighted by molar-refractivity contribution is -0.148. The first-order valence-corrected chi connectivity index (χ1v) is 8.72. The van der Waals surface area contributed by atoms with E-state index in [2.05, 4.69) is 0 Å². The zero-order chi connectivity index (χ0) is 19.4. The molecule has 0 bridgehead atoms. The van der Waals surface area contributed by atoms with E-state index in [1.54, 1.807) is 36.4 Å². The number of hydrogen-bond donors (Lipinski definition) is 0. The molecular formula is C20H19ClO6. The van der Waals surface area contributed by atoms with Crippen molar-refractivity contribution in [3.8, 4) is 17.2 Å². The van der Waals surface area contributed by atoms with Crippen molar-refractivity contribution < 1.29 is 28.5 Å². The van der Waals surface area contributed by atoms with Gasteiger partial charge in [0.25, 0.3) is 0 Å². The van der Waals surface area contributed by atoms with Crippen LogP contribution in [0.15, 0.2) is 36.4 Å². The number of carbonyl (C=O) groups is 2. The fourth-order valence-electron chi connectivity index (χ4n) is 2.86. The molecule has 7 heteroatoms. The molecule has 0 aliphatic carbocycles. The number of rotatable bonds is 6. The van der Waals surface area contributed by atoms with E-state index in [1.807, 2.05) is 0 Å². The van der Waals surface area contributed by atoms with Crippen molar-refractivity contribution >= 4 is 23.4 Å². The third-order valence-electron chi connectivity index (χ3n) is 4.31. The Bertz CT molecular complexity index is 864. The van der Waals surface area contributed by atoms with Crippen LogP contribution in [-0.2, 0) is 16.0 Å². The van der Waals surface area contributed by atoms with Crippen LogP contribution < -0.4 is 14.2 Å². The molecular weight excluding hydrogens is 372 g/mol. The molecule has 0 saturated heterocycles. The number of methoxy groups -OCH3 is 2. The third kappa shape index (κ3) is 4.34. The summed E-state index contributed by atoms with van der Waals surface area (Å²) in [6, 6.07) is 10.1. The van der Waals surface area contributed by atoms with Crippen molar-refractivity contribution in [2.45, 2.75) is 6.42 Å². The van der Waals surface area contributed by atoms with E-state index in [0.29, 0.717) is 34.3 Å². The van der Waals surface area contributed by atoms with Crippen LogP contribution in [-0.4, -0.2) is 39.2 Å². The number of fused-ring (bicyclic) bond motifs is 1. The Labute approximate surface area is 161 Å². The molecule has 0 N–H and O–H groups in total. The minimum atomic E-state index is -0.478. The molecule has 3 rings (SSSR count). The largest absolute Gasteiger partial charge is 0.493 e. The van der Waals surface area contributed by atoms with Gasteiger partial charge in [0.15, 0.2) is 23.9 Å². The maximum atomic E-state index is 12.3. The molecule has 0 saturated carbocycles. The standard InChI is InChI=1S/C20H19ClO6/c1-24-18-5-3-12(9-19(18)25-2)16(22)11-27-20(23)14-7-13-8-15(21)4-6-17(13)26-10-14/h3-6,8-9,14H,7,10-11H2,1-2H3/t14-/m0/s1. The van der Waals surface area contributed by atoms with Gasteiger partial charge in [-0.25, -0.2) is 0 Å². The Morgan fingerprint density at radius 3 is 2.63 bits per heavy atom. The first-order chi connectivity index (χ1) is 13.0. The third-order valence-corrected chi connectivity index (χ3v) is 4.55. The maximum absolute atomic E-state index is 12.3. The summed E-state index contributed by atoms with van der Waals surface area (Å²) >= 11 is 5.99. The van der Waals surface area contributed by atoms with Crippen molar-refractivity contribution in [2.75, 3.05) is 27.4 Å². The number of ketones is 1. The molecule has 2 aromatic rings. The minimum Gasteiger partial charge on any atom is -0.493 e. The number of carbonyl (C=O) groups excluding carboxylic acids is 2. The molecule has 27 heavy (non-hydrogen) atoms. The highest BCUT2D eigenvalue weighted by molar-refractivity contribution is 6.30. The molecule has 1 heterocycles. The van der Waals surface area contributed by atoms with Crippen LogP contribution in [0.2, 0.25) is 5.02 Å². The summed E-state index contributed by atoms with van der Waals surface area (Å²) in [5.74, 6) is 0.379. The molecule has 0 aromatic heterocycles. The van der Waals surface area contributed by atoms with Crippen molar-refractivity contribution in [2.24, 2.45) is 5.92 Å². The number of ether oxygens (including phenoxy) is 4. The van der Waals surface area contributed by atoms with Gasteiger partial charge >= 0.3 is 5.97 Å². The summed E-state index contributed by atoms with van der Waals surface area (Å²) in [6.07, 6.45) is 0.458. The second-order valence-corrected chi connectivity index (χ2v) is 6.50. The molecule has 2 aromatic carbocycles.